The first kappa shape index (κ1) is 25.4. The Hall–Kier alpha value is -3.56. The lowest BCUT2D eigenvalue weighted by Crippen LogP contribution is -2.37. The maximum absolute atomic E-state index is 6.26. The molecular formula is C31H37N7O2. The molecule has 1 aliphatic carbocycles. The summed E-state index contributed by atoms with van der Waals surface area (Å²) in [6, 6.07) is 8.58. The summed E-state index contributed by atoms with van der Waals surface area (Å²) in [4.78, 5) is 27.5. The molecule has 3 aliphatic rings. The molecule has 0 bridgehead atoms. The first-order valence-electron chi connectivity index (χ1n) is 14.4. The van der Waals surface area contributed by atoms with Gasteiger partial charge in [0.15, 0.2) is 5.65 Å². The van der Waals surface area contributed by atoms with Crippen molar-refractivity contribution in [2.24, 2.45) is 5.41 Å². The maximum atomic E-state index is 6.26. The van der Waals surface area contributed by atoms with Crippen molar-refractivity contribution in [3.63, 3.8) is 0 Å². The summed E-state index contributed by atoms with van der Waals surface area (Å²) in [6.07, 6.45) is 5.05. The summed E-state index contributed by atoms with van der Waals surface area (Å²) in [5.41, 5.74) is 7.80. The van der Waals surface area contributed by atoms with Crippen molar-refractivity contribution >= 4 is 17.0 Å². The van der Waals surface area contributed by atoms with Crippen LogP contribution in [0.15, 0.2) is 30.5 Å². The minimum atomic E-state index is 0.237. The zero-order chi connectivity index (χ0) is 27.3. The number of benzene rings is 1. The highest BCUT2D eigenvalue weighted by Crippen LogP contribution is 2.39. The van der Waals surface area contributed by atoms with Crippen LogP contribution in [0.4, 0.5) is 5.82 Å². The highest BCUT2D eigenvalue weighted by molar-refractivity contribution is 5.78. The Kier molecular flexibility index (Phi) is 6.43. The topological polar surface area (TPSA) is 92.3 Å². The van der Waals surface area contributed by atoms with Crippen LogP contribution in [0.3, 0.4) is 0 Å². The van der Waals surface area contributed by atoms with Gasteiger partial charge in [0.05, 0.1) is 31.8 Å². The summed E-state index contributed by atoms with van der Waals surface area (Å²) in [7, 11) is 0. The molecule has 9 heteroatoms. The van der Waals surface area contributed by atoms with Gasteiger partial charge >= 0.3 is 0 Å². The molecule has 4 aromatic rings. The number of nitrogens with zero attached hydrogens (tertiary/aromatic N) is 6. The lowest BCUT2D eigenvalue weighted by molar-refractivity contribution is 0.0330. The van der Waals surface area contributed by atoms with E-state index < -0.39 is 0 Å². The number of aryl methyl sites for hydroxylation is 2. The average Bonchev–Trinajstić information content (AvgIpc) is 3.19. The molecule has 5 heterocycles. The summed E-state index contributed by atoms with van der Waals surface area (Å²) < 4.78 is 11.8. The number of aromatic amines is 1. The van der Waals surface area contributed by atoms with Gasteiger partial charge < -0.3 is 19.4 Å². The van der Waals surface area contributed by atoms with E-state index in [0.29, 0.717) is 6.61 Å². The van der Waals surface area contributed by atoms with E-state index >= 15 is 0 Å². The number of anilines is 1. The number of aromatic nitrogens is 5. The van der Waals surface area contributed by atoms with Crippen LogP contribution in [0.25, 0.3) is 22.3 Å². The van der Waals surface area contributed by atoms with Crippen molar-refractivity contribution in [1.82, 2.24) is 29.8 Å². The lowest BCUT2D eigenvalue weighted by Gasteiger charge is -2.35. The van der Waals surface area contributed by atoms with Gasteiger partial charge in [-0.2, -0.15) is 0 Å². The summed E-state index contributed by atoms with van der Waals surface area (Å²) in [6.45, 7) is 13.0. The zero-order valence-corrected chi connectivity index (χ0v) is 23.7. The van der Waals surface area contributed by atoms with Gasteiger partial charge in [0.25, 0.3) is 0 Å². The Morgan fingerprint density at radius 2 is 1.88 bits per heavy atom. The fourth-order valence-corrected chi connectivity index (χ4v) is 6.20. The van der Waals surface area contributed by atoms with Crippen LogP contribution in [0.1, 0.15) is 48.7 Å². The largest absolute Gasteiger partial charge is 0.491 e. The zero-order valence-electron chi connectivity index (χ0n) is 23.7. The molecule has 1 fully saturated rings. The summed E-state index contributed by atoms with van der Waals surface area (Å²) in [5.74, 6) is 3.81. The van der Waals surface area contributed by atoms with Gasteiger partial charge in [-0.15, -0.1) is 0 Å². The van der Waals surface area contributed by atoms with Crippen LogP contribution in [0.2, 0.25) is 0 Å². The monoisotopic (exact) mass is 539 g/mol. The number of hydrogen-bond donors (Lipinski definition) is 1. The van der Waals surface area contributed by atoms with E-state index in [0.717, 1.165) is 116 Å². The van der Waals surface area contributed by atoms with Crippen molar-refractivity contribution in [3.8, 4) is 16.9 Å². The quantitative estimate of drug-likeness (QED) is 0.406. The molecule has 3 aromatic heterocycles. The second kappa shape index (κ2) is 10.1. The molecule has 0 unspecified atom stereocenters. The van der Waals surface area contributed by atoms with Crippen molar-refractivity contribution in [1.29, 1.82) is 0 Å². The van der Waals surface area contributed by atoms with Crippen LogP contribution in [-0.4, -0.2) is 69.3 Å². The smallest absolute Gasteiger partial charge is 0.177 e. The Labute approximate surface area is 235 Å². The molecule has 2 aliphatic heterocycles. The van der Waals surface area contributed by atoms with E-state index in [1.165, 1.54) is 11.3 Å². The van der Waals surface area contributed by atoms with Gasteiger partial charge in [-0.3, -0.25) is 4.90 Å². The highest BCUT2D eigenvalue weighted by Gasteiger charge is 2.32. The fraction of sp³-hybridized carbons (Fsp3) is 0.484. The van der Waals surface area contributed by atoms with Crippen LogP contribution in [0.5, 0.6) is 5.75 Å². The van der Waals surface area contributed by atoms with E-state index in [-0.39, 0.29) is 5.41 Å². The number of hydrogen-bond acceptors (Lipinski definition) is 8. The average molecular weight is 540 g/mol. The number of rotatable bonds is 4. The number of H-pyrrole nitrogens is 1. The molecule has 208 valence electrons. The number of imidazole rings is 1. The molecule has 1 aromatic carbocycles. The third-order valence-corrected chi connectivity index (χ3v) is 8.41. The van der Waals surface area contributed by atoms with Gasteiger partial charge in [-0.05, 0) is 55.4 Å². The number of morpholine rings is 1. The van der Waals surface area contributed by atoms with Crippen LogP contribution in [0, 0.1) is 12.3 Å². The highest BCUT2D eigenvalue weighted by atomic mass is 16.5. The SMILES string of the molecule is Cc1nc2ncc(-c3ccc4c(c3)CN(c3nc(CN5CCOCC5)nc5c3CC(C)(C)CC5)CCO4)cc2[nH]1. The van der Waals surface area contributed by atoms with E-state index in [1.807, 2.05) is 13.1 Å². The third-order valence-electron chi connectivity index (χ3n) is 8.41. The normalized spacial score (nSPS) is 19.1. The standard InChI is InChI=1S/C31H37N7O2/c1-20-33-26-15-22(17-32-29(26)34-20)21-4-5-27-23(14-21)18-38(10-13-40-27)30-24-16-31(2,3)7-6-25(24)35-28(36-30)19-37-8-11-39-12-9-37/h4-5,14-15,17H,6-13,16,18-19H2,1-3H3,(H,32,33,34). The first-order valence-corrected chi connectivity index (χ1v) is 14.4. The molecule has 9 nitrogen and oxygen atoms in total. The number of ether oxygens (including phenoxy) is 2. The molecule has 1 N–H and O–H groups in total. The van der Waals surface area contributed by atoms with Gasteiger partial charge in [-0.1, -0.05) is 19.9 Å². The van der Waals surface area contributed by atoms with Gasteiger partial charge in [0.1, 0.15) is 29.8 Å². The Morgan fingerprint density at radius 3 is 2.75 bits per heavy atom. The summed E-state index contributed by atoms with van der Waals surface area (Å²) in [5, 5.41) is 0. The van der Waals surface area contributed by atoms with Crippen LogP contribution >= 0.6 is 0 Å². The molecule has 0 atom stereocenters. The van der Waals surface area contributed by atoms with Crippen molar-refractivity contribution in [2.45, 2.75) is 53.1 Å². The molecule has 1 saturated heterocycles. The molecular weight excluding hydrogens is 502 g/mol. The van der Waals surface area contributed by atoms with Gasteiger partial charge in [0.2, 0.25) is 0 Å². The van der Waals surface area contributed by atoms with E-state index in [9.17, 15) is 0 Å². The van der Waals surface area contributed by atoms with Crippen molar-refractivity contribution in [2.75, 3.05) is 44.4 Å². The van der Waals surface area contributed by atoms with Crippen LogP contribution in [-0.2, 0) is 30.7 Å². The predicted octanol–water partition coefficient (Wildman–Crippen LogP) is 4.47. The Morgan fingerprint density at radius 1 is 1.00 bits per heavy atom. The minimum absolute atomic E-state index is 0.237. The molecule has 40 heavy (non-hydrogen) atoms. The fourth-order valence-electron chi connectivity index (χ4n) is 6.20. The van der Waals surface area contributed by atoms with Gasteiger partial charge in [0, 0.05) is 48.2 Å². The van der Waals surface area contributed by atoms with E-state index in [1.54, 1.807) is 0 Å². The van der Waals surface area contributed by atoms with E-state index in [4.69, 9.17) is 19.4 Å². The maximum Gasteiger partial charge on any atom is 0.177 e. The lowest BCUT2D eigenvalue weighted by atomic mass is 9.76. The molecule has 0 saturated carbocycles. The molecule has 0 amide bonds. The number of nitrogens with one attached hydrogen (secondary N) is 1. The first-order chi connectivity index (χ1) is 19.4. The van der Waals surface area contributed by atoms with E-state index in [2.05, 4.69) is 62.9 Å². The van der Waals surface area contributed by atoms with Gasteiger partial charge in [-0.25, -0.2) is 19.9 Å². The minimum Gasteiger partial charge on any atom is -0.491 e. The Balaban J connectivity index is 1.24. The predicted molar refractivity (Wildman–Crippen MR) is 155 cm³/mol. The van der Waals surface area contributed by atoms with Crippen LogP contribution < -0.4 is 9.64 Å². The second-order valence-electron chi connectivity index (χ2n) is 12.1. The molecule has 0 radical (unpaired) electrons. The third kappa shape index (κ3) is 5.04. The van der Waals surface area contributed by atoms with Crippen molar-refractivity contribution < 1.29 is 9.47 Å². The molecule has 0 spiro atoms. The van der Waals surface area contributed by atoms with Crippen molar-refractivity contribution in [3.05, 3.63) is 58.9 Å². The summed E-state index contributed by atoms with van der Waals surface area (Å²) >= 11 is 0. The molecule has 7 rings (SSSR count). The Bertz CT molecular complexity index is 1560. The number of pyridine rings is 1. The number of fused-ring (bicyclic) bond motifs is 3. The second-order valence-corrected chi connectivity index (χ2v) is 12.1.